The first-order valence-corrected chi connectivity index (χ1v) is 7.17. The molecule has 0 saturated heterocycles. The summed E-state index contributed by atoms with van der Waals surface area (Å²) in [5.41, 5.74) is 2.56. The van der Waals surface area contributed by atoms with E-state index in [-0.39, 0.29) is 12.0 Å². The molecule has 0 aromatic heterocycles. The summed E-state index contributed by atoms with van der Waals surface area (Å²) in [4.78, 5) is 12.4. The highest BCUT2D eigenvalue weighted by Gasteiger charge is 2.20. The SMILES string of the molecule is CO[C@@H](C)c1cccc(NC(=O)[C@@H](OC)c2ccccc2)c1. The zero-order chi connectivity index (χ0) is 15.9. The molecule has 116 valence electrons. The van der Waals surface area contributed by atoms with Crippen molar-refractivity contribution in [3.05, 3.63) is 65.7 Å². The van der Waals surface area contributed by atoms with Crippen molar-refractivity contribution in [2.75, 3.05) is 19.5 Å². The number of benzene rings is 2. The molecule has 0 aliphatic carbocycles. The van der Waals surface area contributed by atoms with Crippen LogP contribution in [0.3, 0.4) is 0 Å². The molecule has 1 amide bonds. The Kier molecular flexibility index (Phi) is 5.69. The van der Waals surface area contributed by atoms with E-state index in [1.165, 1.54) is 7.11 Å². The predicted molar refractivity (Wildman–Crippen MR) is 86.7 cm³/mol. The van der Waals surface area contributed by atoms with Gasteiger partial charge in [-0.15, -0.1) is 0 Å². The maximum absolute atomic E-state index is 12.4. The second-order valence-corrected chi connectivity index (χ2v) is 5.02. The molecule has 2 rings (SSSR count). The van der Waals surface area contributed by atoms with E-state index < -0.39 is 6.10 Å². The molecular weight excluding hydrogens is 278 g/mol. The molecule has 22 heavy (non-hydrogen) atoms. The van der Waals surface area contributed by atoms with Crippen molar-refractivity contribution < 1.29 is 14.3 Å². The van der Waals surface area contributed by atoms with Gasteiger partial charge in [0.15, 0.2) is 6.10 Å². The number of methoxy groups -OCH3 is 2. The third-order valence-corrected chi connectivity index (χ3v) is 3.55. The lowest BCUT2D eigenvalue weighted by atomic mass is 10.1. The van der Waals surface area contributed by atoms with E-state index in [1.54, 1.807) is 7.11 Å². The number of amides is 1. The Morgan fingerprint density at radius 2 is 1.64 bits per heavy atom. The van der Waals surface area contributed by atoms with Crippen molar-refractivity contribution in [2.45, 2.75) is 19.1 Å². The Hall–Kier alpha value is -2.17. The standard InChI is InChI=1S/C18H21NO3/c1-13(21-2)15-10-7-11-16(12-15)19-18(20)17(22-3)14-8-5-4-6-9-14/h4-13,17H,1-3H3,(H,19,20)/t13-,17-/m0/s1. The molecule has 0 aliphatic heterocycles. The van der Waals surface area contributed by atoms with Crippen LogP contribution in [-0.2, 0) is 14.3 Å². The van der Waals surface area contributed by atoms with Crippen LogP contribution in [0.1, 0.15) is 30.3 Å². The fraction of sp³-hybridized carbons (Fsp3) is 0.278. The smallest absolute Gasteiger partial charge is 0.258 e. The molecule has 0 radical (unpaired) electrons. The van der Waals surface area contributed by atoms with Gasteiger partial charge < -0.3 is 14.8 Å². The predicted octanol–water partition coefficient (Wildman–Crippen LogP) is 3.72. The second kappa shape index (κ2) is 7.73. The maximum atomic E-state index is 12.4. The van der Waals surface area contributed by atoms with Gasteiger partial charge in [-0.25, -0.2) is 0 Å². The van der Waals surface area contributed by atoms with Gasteiger partial charge in [0.1, 0.15) is 0 Å². The van der Waals surface area contributed by atoms with Crippen molar-refractivity contribution in [1.29, 1.82) is 0 Å². The average Bonchev–Trinajstić information content (AvgIpc) is 2.56. The molecule has 2 aromatic rings. The zero-order valence-corrected chi connectivity index (χ0v) is 13.1. The zero-order valence-electron chi connectivity index (χ0n) is 13.1. The van der Waals surface area contributed by atoms with E-state index in [4.69, 9.17) is 9.47 Å². The van der Waals surface area contributed by atoms with Crippen LogP contribution in [-0.4, -0.2) is 20.1 Å². The number of ether oxygens (including phenoxy) is 2. The van der Waals surface area contributed by atoms with Gasteiger partial charge in [0.2, 0.25) is 0 Å². The fourth-order valence-corrected chi connectivity index (χ4v) is 2.24. The number of nitrogens with one attached hydrogen (secondary N) is 1. The normalized spacial score (nSPS) is 13.4. The Morgan fingerprint density at radius 3 is 2.27 bits per heavy atom. The minimum atomic E-state index is -0.635. The average molecular weight is 299 g/mol. The summed E-state index contributed by atoms with van der Waals surface area (Å²) in [5.74, 6) is -0.198. The molecule has 0 bridgehead atoms. The topological polar surface area (TPSA) is 47.6 Å². The Labute approximate surface area is 131 Å². The minimum absolute atomic E-state index is 0.0239. The van der Waals surface area contributed by atoms with Crippen LogP contribution in [0.15, 0.2) is 54.6 Å². The van der Waals surface area contributed by atoms with Gasteiger partial charge in [-0.1, -0.05) is 42.5 Å². The van der Waals surface area contributed by atoms with Crippen molar-refractivity contribution in [2.24, 2.45) is 0 Å². The molecule has 4 heteroatoms. The monoisotopic (exact) mass is 299 g/mol. The summed E-state index contributed by atoms with van der Waals surface area (Å²) >= 11 is 0. The summed E-state index contributed by atoms with van der Waals surface area (Å²) in [5, 5.41) is 2.89. The number of anilines is 1. The first-order chi connectivity index (χ1) is 10.7. The van der Waals surface area contributed by atoms with E-state index in [1.807, 2.05) is 61.5 Å². The van der Waals surface area contributed by atoms with Crippen molar-refractivity contribution in [3.63, 3.8) is 0 Å². The summed E-state index contributed by atoms with van der Waals surface area (Å²) in [6.45, 7) is 1.96. The highest BCUT2D eigenvalue weighted by Crippen LogP contribution is 2.22. The fourth-order valence-electron chi connectivity index (χ4n) is 2.24. The third kappa shape index (κ3) is 3.93. The molecule has 0 saturated carbocycles. The highest BCUT2D eigenvalue weighted by atomic mass is 16.5. The lowest BCUT2D eigenvalue weighted by Crippen LogP contribution is -2.22. The van der Waals surface area contributed by atoms with Gasteiger partial charge >= 0.3 is 0 Å². The maximum Gasteiger partial charge on any atom is 0.258 e. The van der Waals surface area contributed by atoms with Gasteiger partial charge in [0.25, 0.3) is 5.91 Å². The van der Waals surface area contributed by atoms with E-state index >= 15 is 0 Å². The summed E-state index contributed by atoms with van der Waals surface area (Å²) in [7, 11) is 3.19. The van der Waals surface area contributed by atoms with Crippen molar-refractivity contribution >= 4 is 11.6 Å². The van der Waals surface area contributed by atoms with Crippen molar-refractivity contribution in [3.8, 4) is 0 Å². The minimum Gasteiger partial charge on any atom is -0.377 e. The van der Waals surface area contributed by atoms with Crippen LogP contribution in [0.2, 0.25) is 0 Å². The molecule has 0 aliphatic rings. The van der Waals surface area contributed by atoms with Crippen LogP contribution >= 0.6 is 0 Å². The molecule has 0 spiro atoms. The Bertz CT molecular complexity index is 613. The molecule has 1 N–H and O–H groups in total. The van der Waals surface area contributed by atoms with Crippen molar-refractivity contribution in [1.82, 2.24) is 0 Å². The molecule has 4 nitrogen and oxygen atoms in total. The molecular formula is C18H21NO3. The quantitative estimate of drug-likeness (QED) is 0.884. The lowest BCUT2D eigenvalue weighted by molar-refractivity contribution is -0.126. The van der Waals surface area contributed by atoms with E-state index in [0.717, 1.165) is 16.8 Å². The Morgan fingerprint density at radius 1 is 0.955 bits per heavy atom. The van der Waals surface area contributed by atoms with Crippen LogP contribution in [0.5, 0.6) is 0 Å². The first-order valence-electron chi connectivity index (χ1n) is 7.17. The van der Waals surface area contributed by atoms with Gasteiger partial charge in [0.05, 0.1) is 6.10 Å². The van der Waals surface area contributed by atoms with Crippen LogP contribution < -0.4 is 5.32 Å². The van der Waals surface area contributed by atoms with Crippen LogP contribution in [0, 0.1) is 0 Å². The van der Waals surface area contributed by atoms with Gasteiger partial charge in [-0.2, -0.15) is 0 Å². The lowest BCUT2D eigenvalue weighted by Gasteiger charge is -2.17. The number of carbonyl (C=O) groups excluding carboxylic acids is 1. The number of hydrogen-bond donors (Lipinski definition) is 1. The van der Waals surface area contributed by atoms with E-state index in [0.29, 0.717) is 0 Å². The Balaban J connectivity index is 2.14. The van der Waals surface area contributed by atoms with E-state index in [9.17, 15) is 4.79 Å². The molecule has 2 aromatic carbocycles. The van der Waals surface area contributed by atoms with Gasteiger partial charge in [0, 0.05) is 19.9 Å². The number of carbonyl (C=O) groups is 1. The summed E-state index contributed by atoms with van der Waals surface area (Å²) < 4.78 is 10.6. The first kappa shape index (κ1) is 16.2. The number of hydrogen-bond acceptors (Lipinski definition) is 3. The largest absolute Gasteiger partial charge is 0.377 e. The summed E-state index contributed by atoms with van der Waals surface area (Å²) in [6.07, 6.45) is -0.658. The summed E-state index contributed by atoms with van der Waals surface area (Å²) in [6, 6.07) is 17.0. The molecule has 2 atom stereocenters. The highest BCUT2D eigenvalue weighted by molar-refractivity contribution is 5.94. The number of rotatable bonds is 6. The van der Waals surface area contributed by atoms with Crippen LogP contribution in [0.25, 0.3) is 0 Å². The van der Waals surface area contributed by atoms with Gasteiger partial charge in [-0.3, -0.25) is 4.79 Å². The van der Waals surface area contributed by atoms with Crippen LogP contribution in [0.4, 0.5) is 5.69 Å². The van der Waals surface area contributed by atoms with Gasteiger partial charge in [-0.05, 0) is 30.2 Å². The molecule has 0 unspecified atom stereocenters. The molecule has 0 fully saturated rings. The van der Waals surface area contributed by atoms with E-state index in [2.05, 4.69) is 5.32 Å². The third-order valence-electron chi connectivity index (χ3n) is 3.55. The second-order valence-electron chi connectivity index (χ2n) is 5.02. The molecule has 0 heterocycles.